The number of anilines is 1. The molecule has 0 heterocycles. The summed E-state index contributed by atoms with van der Waals surface area (Å²) >= 11 is 17.0. The van der Waals surface area contributed by atoms with E-state index in [1.54, 1.807) is 37.5 Å². The molecule has 0 bridgehead atoms. The molecule has 7 heteroatoms. The molecule has 2 rings (SSSR count). The van der Waals surface area contributed by atoms with Gasteiger partial charge in [0.25, 0.3) is 0 Å². The zero-order valence-corrected chi connectivity index (χ0v) is 15.0. The molecule has 0 saturated carbocycles. The Labute approximate surface area is 155 Å². The monoisotopic (exact) mass is 380 g/mol. The number of methoxy groups -OCH3 is 1. The van der Waals surface area contributed by atoms with Gasteiger partial charge in [0.15, 0.2) is 5.11 Å². The highest BCUT2D eigenvalue weighted by Crippen LogP contribution is 2.22. The fourth-order valence-electron chi connectivity index (χ4n) is 1.82. The number of rotatable bonds is 4. The standard InChI is InChI=1S/C17H14Cl2N2O2S/c1-23-14-4-2-3-13(10-14)20-17(24)21-16(22)8-6-11-5-7-12(18)9-15(11)19/h2-10H,1H3,(H2,20,21,22,24)/b8-6+. The summed E-state index contributed by atoms with van der Waals surface area (Å²) in [5.74, 6) is 0.313. The number of hydrogen-bond donors (Lipinski definition) is 2. The van der Waals surface area contributed by atoms with E-state index in [1.807, 2.05) is 18.2 Å². The molecule has 124 valence electrons. The minimum atomic E-state index is -0.374. The lowest BCUT2D eigenvalue weighted by Crippen LogP contribution is -2.32. The van der Waals surface area contributed by atoms with Gasteiger partial charge in [0.1, 0.15) is 5.75 Å². The van der Waals surface area contributed by atoms with Crippen LogP contribution in [0.1, 0.15) is 5.56 Å². The maximum Gasteiger partial charge on any atom is 0.250 e. The first-order valence-electron chi connectivity index (χ1n) is 6.87. The van der Waals surface area contributed by atoms with Crippen molar-refractivity contribution in [2.24, 2.45) is 0 Å². The van der Waals surface area contributed by atoms with Gasteiger partial charge in [-0.15, -0.1) is 0 Å². The van der Waals surface area contributed by atoms with Gasteiger partial charge in [-0.3, -0.25) is 10.1 Å². The maximum atomic E-state index is 11.9. The van der Waals surface area contributed by atoms with E-state index in [2.05, 4.69) is 10.6 Å². The van der Waals surface area contributed by atoms with Crippen molar-refractivity contribution in [2.75, 3.05) is 12.4 Å². The number of hydrogen-bond acceptors (Lipinski definition) is 3. The average molecular weight is 381 g/mol. The van der Waals surface area contributed by atoms with Crippen molar-refractivity contribution in [3.05, 3.63) is 64.1 Å². The molecular formula is C17H14Cl2N2O2S. The zero-order valence-electron chi connectivity index (χ0n) is 12.7. The highest BCUT2D eigenvalue weighted by molar-refractivity contribution is 7.80. The van der Waals surface area contributed by atoms with Crippen molar-refractivity contribution >= 4 is 58.2 Å². The molecule has 2 aromatic carbocycles. The molecule has 0 aliphatic heterocycles. The molecule has 0 saturated heterocycles. The molecule has 1 amide bonds. The van der Waals surface area contributed by atoms with Gasteiger partial charge in [-0.05, 0) is 48.1 Å². The van der Waals surface area contributed by atoms with Crippen LogP contribution in [0.3, 0.4) is 0 Å². The summed E-state index contributed by atoms with van der Waals surface area (Å²) in [6, 6.07) is 12.2. The van der Waals surface area contributed by atoms with Crippen LogP contribution < -0.4 is 15.4 Å². The normalized spacial score (nSPS) is 10.5. The van der Waals surface area contributed by atoms with E-state index < -0.39 is 0 Å². The van der Waals surface area contributed by atoms with Crippen molar-refractivity contribution in [1.29, 1.82) is 0 Å². The van der Waals surface area contributed by atoms with Crippen LogP contribution in [0, 0.1) is 0 Å². The smallest absolute Gasteiger partial charge is 0.250 e. The van der Waals surface area contributed by atoms with Crippen LogP contribution in [0.5, 0.6) is 5.75 Å². The average Bonchev–Trinajstić information content (AvgIpc) is 2.54. The Morgan fingerprint density at radius 1 is 1.21 bits per heavy atom. The van der Waals surface area contributed by atoms with Crippen LogP contribution >= 0.6 is 35.4 Å². The van der Waals surface area contributed by atoms with Crippen LogP contribution in [-0.4, -0.2) is 18.1 Å². The van der Waals surface area contributed by atoms with Crippen molar-refractivity contribution < 1.29 is 9.53 Å². The molecule has 4 nitrogen and oxygen atoms in total. The van der Waals surface area contributed by atoms with Crippen LogP contribution in [-0.2, 0) is 4.79 Å². The minimum Gasteiger partial charge on any atom is -0.497 e. The van der Waals surface area contributed by atoms with Gasteiger partial charge < -0.3 is 10.1 Å². The van der Waals surface area contributed by atoms with Crippen LogP contribution in [0.15, 0.2) is 48.5 Å². The van der Waals surface area contributed by atoms with Crippen molar-refractivity contribution in [3.63, 3.8) is 0 Å². The number of benzene rings is 2. The lowest BCUT2D eigenvalue weighted by molar-refractivity contribution is -0.115. The largest absolute Gasteiger partial charge is 0.497 e. The van der Waals surface area contributed by atoms with Gasteiger partial charge >= 0.3 is 0 Å². The summed E-state index contributed by atoms with van der Waals surface area (Å²) in [4.78, 5) is 11.9. The summed E-state index contributed by atoms with van der Waals surface area (Å²) in [6.07, 6.45) is 2.93. The van der Waals surface area contributed by atoms with Crippen LogP contribution in [0.4, 0.5) is 5.69 Å². The molecule has 0 aliphatic carbocycles. The van der Waals surface area contributed by atoms with Gasteiger partial charge in [-0.25, -0.2) is 0 Å². The molecule has 0 aromatic heterocycles. The minimum absolute atomic E-state index is 0.181. The second-order valence-corrected chi connectivity index (χ2v) is 5.93. The van der Waals surface area contributed by atoms with E-state index in [0.29, 0.717) is 27.0 Å². The van der Waals surface area contributed by atoms with Gasteiger partial charge in [0, 0.05) is 27.9 Å². The van der Waals surface area contributed by atoms with E-state index in [9.17, 15) is 4.79 Å². The predicted octanol–water partition coefficient (Wildman–Crippen LogP) is 4.53. The molecule has 0 fully saturated rings. The molecule has 2 N–H and O–H groups in total. The third-order valence-corrected chi connectivity index (χ3v) is 3.71. The Kier molecular flexibility index (Phi) is 6.61. The Morgan fingerprint density at radius 3 is 2.71 bits per heavy atom. The first-order chi connectivity index (χ1) is 11.5. The van der Waals surface area contributed by atoms with Crippen molar-refractivity contribution in [3.8, 4) is 5.75 Å². The molecule has 24 heavy (non-hydrogen) atoms. The number of halogens is 2. The fraction of sp³-hybridized carbons (Fsp3) is 0.0588. The van der Waals surface area contributed by atoms with E-state index in [4.69, 9.17) is 40.2 Å². The summed E-state index contributed by atoms with van der Waals surface area (Å²) < 4.78 is 5.12. The molecule has 0 spiro atoms. The first-order valence-corrected chi connectivity index (χ1v) is 8.03. The number of carbonyl (C=O) groups excluding carboxylic acids is 1. The van der Waals surface area contributed by atoms with E-state index >= 15 is 0 Å². The van der Waals surface area contributed by atoms with Crippen LogP contribution in [0.2, 0.25) is 10.0 Å². The zero-order chi connectivity index (χ0) is 17.5. The highest BCUT2D eigenvalue weighted by atomic mass is 35.5. The number of nitrogens with one attached hydrogen (secondary N) is 2. The van der Waals surface area contributed by atoms with E-state index in [0.717, 1.165) is 0 Å². The number of thiocarbonyl (C=S) groups is 1. The van der Waals surface area contributed by atoms with Crippen LogP contribution in [0.25, 0.3) is 6.08 Å². The third kappa shape index (κ3) is 5.53. The predicted molar refractivity (Wildman–Crippen MR) is 103 cm³/mol. The Bertz CT molecular complexity index is 794. The highest BCUT2D eigenvalue weighted by Gasteiger charge is 2.03. The molecule has 0 aliphatic rings. The maximum absolute atomic E-state index is 11.9. The Morgan fingerprint density at radius 2 is 2.00 bits per heavy atom. The summed E-state index contributed by atoms with van der Waals surface area (Å²) in [6.45, 7) is 0. The van der Waals surface area contributed by atoms with Gasteiger partial charge in [-0.1, -0.05) is 35.3 Å². The molecule has 0 radical (unpaired) electrons. The lowest BCUT2D eigenvalue weighted by atomic mass is 10.2. The van der Waals surface area contributed by atoms with Crippen molar-refractivity contribution in [2.45, 2.75) is 0 Å². The van der Waals surface area contributed by atoms with Gasteiger partial charge in [0.2, 0.25) is 5.91 Å². The SMILES string of the molecule is COc1cccc(NC(=S)NC(=O)/C=C/c2ccc(Cl)cc2Cl)c1. The van der Waals surface area contributed by atoms with E-state index in [1.165, 1.54) is 6.08 Å². The number of amides is 1. The number of carbonyl (C=O) groups is 1. The molecule has 0 atom stereocenters. The molecular weight excluding hydrogens is 367 g/mol. The lowest BCUT2D eigenvalue weighted by Gasteiger charge is -2.09. The molecule has 0 unspecified atom stereocenters. The topological polar surface area (TPSA) is 50.4 Å². The number of ether oxygens (including phenoxy) is 1. The first kappa shape index (κ1) is 18.3. The second kappa shape index (κ2) is 8.68. The Hall–Kier alpha value is -2.08. The summed E-state index contributed by atoms with van der Waals surface area (Å²) in [7, 11) is 1.58. The van der Waals surface area contributed by atoms with Gasteiger partial charge in [-0.2, -0.15) is 0 Å². The molecule has 2 aromatic rings. The summed E-state index contributed by atoms with van der Waals surface area (Å²) in [5.41, 5.74) is 1.40. The second-order valence-electron chi connectivity index (χ2n) is 4.67. The van der Waals surface area contributed by atoms with E-state index in [-0.39, 0.29) is 11.0 Å². The van der Waals surface area contributed by atoms with Gasteiger partial charge in [0.05, 0.1) is 7.11 Å². The van der Waals surface area contributed by atoms with Crippen molar-refractivity contribution in [1.82, 2.24) is 5.32 Å². The quantitative estimate of drug-likeness (QED) is 0.604. The third-order valence-electron chi connectivity index (χ3n) is 2.94. The fourth-order valence-corrected chi connectivity index (χ4v) is 2.51. The Balaban J connectivity index is 1.93. The summed E-state index contributed by atoms with van der Waals surface area (Å²) in [5, 5.41) is 6.63.